The smallest absolute Gasteiger partial charge is 0.254 e. The van der Waals surface area contributed by atoms with Crippen molar-refractivity contribution in [2.24, 2.45) is 4.99 Å². The lowest BCUT2D eigenvalue weighted by Gasteiger charge is -2.26. The number of aliphatic imine (C=N–C) groups is 1. The molecule has 2 amide bonds. The Morgan fingerprint density at radius 3 is 2.69 bits per heavy atom. The molecule has 9 heteroatoms. The van der Waals surface area contributed by atoms with Crippen molar-refractivity contribution in [3.63, 3.8) is 0 Å². The van der Waals surface area contributed by atoms with E-state index in [-0.39, 0.29) is 18.4 Å². The van der Waals surface area contributed by atoms with Gasteiger partial charge in [0.05, 0.1) is 19.8 Å². The molecule has 0 aromatic heterocycles. The number of nitrogens with one attached hydrogen (secondary N) is 3. The van der Waals surface area contributed by atoms with E-state index in [0.29, 0.717) is 51.0 Å². The van der Waals surface area contributed by atoms with E-state index in [1.165, 1.54) is 0 Å². The maximum Gasteiger partial charge on any atom is 0.254 e. The lowest BCUT2D eigenvalue weighted by molar-refractivity contribution is -0.123. The van der Waals surface area contributed by atoms with Gasteiger partial charge in [-0.2, -0.15) is 0 Å². The van der Waals surface area contributed by atoms with Crippen LogP contribution in [0.4, 0.5) is 0 Å². The number of methoxy groups -OCH3 is 1. The second-order valence-corrected chi connectivity index (χ2v) is 6.58. The molecule has 29 heavy (non-hydrogen) atoms. The summed E-state index contributed by atoms with van der Waals surface area (Å²) in [6.45, 7) is 4.36. The summed E-state index contributed by atoms with van der Waals surface area (Å²) in [7, 11) is 3.38. The molecule has 0 unspecified atom stereocenters. The van der Waals surface area contributed by atoms with Crippen LogP contribution in [0.1, 0.15) is 22.3 Å². The highest BCUT2D eigenvalue weighted by atomic mass is 16.5. The number of rotatable bonds is 10. The number of guanidine groups is 1. The fourth-order valence-corrected chi connectivity index (χ4v) is 2.79. The third-order valence-electron chi connectivity index (χ3n) is 4.40. The van der Waals surface area contributed by atoms with Gasteiger partial charge < -0.3 is 30.3 Å². The molecule has 9 nitrogen and oxygen atoms in total. The van der Waals surface area contributed by atoms with Crippen molar-refractivity contribution < 1.29 is 19.1 Å². The second kappa shape index (κ2) is 12.7. The minimum Gasteiger partial charge on any atom is -0.382 e. The Morgan fingerprint density at radius 1 is 1.21 bits per heavy atom. The number of nitrogens with zero attached hydrogens (tertiary/aromatic N) is 2. The monoisotopic (exact) mass is 405 g/mol. The molecule has 0 saturated carbocycles. The van der Waals surface area contributed by atoms with Crippen LogP contribution in [-0.4, -0.2) is 82.8 Å². The number of carbonyl (C=O) groups is 2. The Hall–Kier alpha value is -2.65. The molecule has 160 valence electrons. The minimum absolute atomic E-state index is 0.113. The maximum atomic E-state index is 12.5. The molecule has 1 aromatic carbocycles. The summed E-state index contributed by atoms with van der Waals surface area (Å²) in [5.74, 6) is 0.469. The number of amides is 2. The van der Waals surface area contributed by atoms with Gasteiger partial charge >= 0.3 is 0 Å². The van der Waals surface area contributed by atoms with Crippen LogP contribution in [0.15, 0.2) is 29.3 Å². The van der Waals surface area contributed by atoms with Gasteiger partial charge in [-0.1, -0.05) is 12.1 Å². The topological polar surface area (TPSA) is 104 Å². The number of ether oxygens (including phenoxy) is 2. The van der Waals surface area contributed by atoms with Crippen LogP contribution in [0, 0.1) is 0 Å². The maximum absolute atomic E-state index is 12.5. The van der Waals surface area contributed by atoms with Crippen molar-refractivity contribution in [3.8, 4) is 0 Å². The molecule has 1 saturated heterocycles. The van der Waals surface area contributed by atoms with E-state index in [1.54, 1.807) is 31.2 Å². The van der Waals surface area contributed by atoms with Crippen LogP contribution in [0.2, 0.25) is 0 Å². The third-order valence-corrected chi connectivity index (χ3v) is 4.40. The molecule has 1 fully saturated rings. The van der Waals surface area contributed by atoms with Gasteiger partial charge in [0.25, 0.3) is 5.91 Å². The molecule has 0 bridgehead atoms. The molecule has 3 N–H and O–H groups in total. The summed E-state index contributed by atoms with van der Waals surface area (Å²) >= 11 is 0. The Morgan fingerprint density at radius 2 is 2.00 bits per heavy atom. The van der Waals surface area contributed by atoms with Crippen molar-refractivity contribution in [2.75, 3.05) is 60.2 Å². The fraction of sp³-hybridized carbons (Fsp3) is 0.550. The van der Waals surface area contributed by atoms with E-state index in [9.17, 15) is 9.59 Å². The van der Waals surface area contributed by atoms with E-state index < -0.39 is 0 Å². The van der Waals surface area contributed by atoms with E-state index in [0.717, 1.165) is 18.5 Å². The standard InChI is InChI=1S/C20H31N5O4/c1-21-20(23-8-3-11-29-13-12-28-2)24-14-16-4-6-17(7-5-16)19(27)25-10-9-22-18(26)15-25/h4-7H,3,8-15H2,1-2H3,(H,22,26)(H2,21,23,24). The van der Waals surface area contributed by atoms with Crippen molar-refractivity contribution in [3.05, 3.63) is 35.4 Å². The zero-order chi connectivity index (χ0) is 20.9. The molecule has 0 radical (unpaired) electrons. The van der Waals surface area contributed by atoms with Crippen LogP contribution in [0.5, 0.6) is 0 Å². The van der Waals surface area contributed by atoms with Gasteiger partial charge in [0.15, 0.2) is 5.96 Å². The summed E-state index contributed by atoms with van der Waals surface area (Å²) < 4.78 is 10.3. The van der Waals surface area contributed by atoms with E-state index in [2.05, 4.69) is 20.9 Å². The molecule has 1 heterocycles. The van der Waals surface area contributed by atoms with Gasteiger partial charge in [-0.05, 0) is 24.1 Å². The second-order valence-electron chi connectivity index (χ2n) is 6.58. The quantitative estimate of drug-likeness (QED) is 0.287. The number of hydrogen-bond donors (Lipinski definition) is 3. The highest BCUT2D eigenvalue weighted by Crippen LogP contribution is 2.09. The Balaban J connectivity index is 1.71. The largest absolute Gasteiger partial charge is 0.382 e. The van der Waals surface area contributed by atoms with Crippen molar-refractivity contribution in [2.45, 2.75) is 13.0 Å². The molecule has 2 rings (SSSR count). The molecule has 0 atom stereocenters. The van der Waals surface area contributed by atoms with Crippen LogP contribution in [0.3, 0.4) is 0 Å². The van der Waals surface area contributed by atoms with Gasteiger partial charge in [-0.15, -0.1) is 0 Å². The molecule has 0 aliphatic carbocycles. The highest BCUT2D eigenvalue weighted by molar-refractivity contribution is 5.97. The first kappa shape index (κ1) is 22.6. The molecule has 1 aromatic rings. The van der Waals surface area contributed by atoms with E-state index >= 15 is 0 Å². The SMILES string of the molecule is CN=C(NCCCOCCOC)NCc1ccc(C(=O)N2CCNC(=O)C2)cc1. The van der Waals surface area contributed by atoms with E-state index in [4.69, 9.17) is 9.47 Å². The number of piperazine rings is 1. The molecular formula is C20H31N5O4. The summed E-state index contributed by atoms with van der Waals surface area (Å²) in [4.78, 5) is 29.7. The summed E-state index contributed by atoms with van der Waals surface area (Å²) in [6, 6.07) is 7.39. The Bertz CT molecular complexity index is 678. The number of benzene rings is 1. The van der Waals surface area contributed by atoms with Gasteiger partial charge in [0, 0.05) is 52.5 Å². The van der Waals surface area contributed by atoms with Gasteiger partial charge in [0.2, 0.25) is 5.91 Å². The minimum atomic E-state index is -0.121. The normalized spacial score (nSPS) is 14.5. The zero-order valence-electron chi connectivity index (χ0n) is 17.2. The molecular weight excluding hydrogens is 374 g/mol. The van der Waals surface area contributed by atoms with Crippen molar-refractivity contribution >= 4 is 17.8 Å². The Kier molecular flexibility index (Phi) is 9.94. The van der Waals surface area contributed by atoms with Crippen molar-refractivity contribution in [1.29, 1.82) is 0 Å². The van der Waals surface area contributed by atoms with Gasteiger partial charge in [-0.3, -0.25) is 14.6 Å². The average molecular weight is 405 g/mol. The third kappa shape index (κ3) is 8.08. The first-order valence-corrected chi connectivity index (χ1v) is 9.80. The zero-order valence-corrected chi connectivity index (χ0v) is 17.2. The van der Waals surface area contributed by atoms with Crippen molar-refractivity contribution in [1.82, 2.24) is 20.9 Å². The average Bonchev–Trinajstić information content (AvgIpc) is 2.75. The van der Waals surface area contributed by atoms with Crippen LogP contribution >= 0.6 is 0 Å². The number of hydrogen-bond acceptors (Lipinski definition) is 5. The summed E-state index contributed by atoms with van der Waals surface area (Å²) in [6.07, 6.45) is 0.871. The summed E-state index contributed by atoms with van der Waals surface area (Å²) in [5.41, 5.74) is 1.61. The summed E-state index contributed by atoms with van der Waals surface area (Å²) in [5, 5.41) is 9.20. The fourth-order valence-electron chi connectivity index (χ4n) is 2.79. The highest BCUT2D eigenvalue weighted by Gasteiger charge is 2.22. The van der Waals surface area contributed by atoms with Crippen LogP contribution in [0.25, 0.3) is 0 Å². The molecule has 1 aliphatic heterocycles. The predicted molar refractivity (Wildman–Crippen MR) is 111 cm³/mol. The predicted octanol–water partition coefficient (Wildman–Crippen LogP) is -0.0233. The lowest BCUT2D eigenvalue weighted by atomic mass is 10.1. The van der Waals surface area contributed by atoms with Gasteiger partial charge in [-0.25, -0.2) is 0 Å². The van der Waals surface area contributed by atoms with Crippen LogP contribution in [-0.2, 0) is 20.8 Å². The first-order chi connectivity index (χ1) is 14.1. The first-order valence-electron chi connectivity index (χ1n) is 9.80. The number of carbonyl (C=O) groups excluding carboxylic acids is 2. The molecule has 0 spiro atoms. The van der Waals surface area contributed by atoms with Crippen LogP contribution < -0.4 is 16.0 Å². The van der Waals surface area contributed by atoms with Gasteiger partial charge in [0.1, 0.15) is 0 Å². The molecule has 1 aliphatic rings. The Labute approximate surface area is 171 Å². The van der Waals surface area contributed by atoms with E-state index in [1.807, 2.05) is 12.1 Å². The lowest BCUT2D eigenvalue weighted by Crippen LogP contribution is -2.49.